The normalized spacial score (nSPS) is 24.3. The van der Waals surface area contributed by atoms with Gasteiger partial charge in [-0.05, 0) is 36.8 Å². The second kappa shape index (κ2) is 7.14. The van der Waals surface area contributed by atoms with Gasteiger partial charge >= 0.3 is 6.03 Å². The van der Waals surface area contributed by atoms with Crippen LogP contribution in [0.1, 0.15) is 51.2 Å². The Bertz CT molecular complexity index is 508. The summed E-state index contributed by atoms with van der Waals surface area (Å²) in [4.78, 5) is 12.4. The van der Waals surface area contributed by atoms with E-state index in [0.29, 0.717) is 0 Å². The fraction of sp³-hybridized carbons (Fsp3) is 0.611. The van der Waals surface area contributed by atoms with Gasteiger partial charge in [-0.15, -0.1) is 0 Å². The van der Waals surface area contributed by atoms with Crippen LogP contribution >= 0.6 is 0 Å². The van der Waals surface area contributed by atoms with Crippen LogP contribution in [-0.4, -0.2) is 23.8 Å². The molecule has 0 radical (unpaired) electrons. The van der Waals surface area contributed by atoms with Gasteiger partial charge in [-0.2, -0.15) is 0 Å². The van der Waals surface area contributed by atoms with Gasteiger partial charge in [-0.25, -0.2) is 4.79 Å². The average molecular weight is 304 g/mol. The van der Waals surface area contributed by atoms with E-state index in [0.717, 1.165) is 48.9 Å². The summed E-state index contributed by atoms with van der Waals surface area (Å²) in [6.07, 6.45) is 4.72. The molecule has 1 aromatic rings. The zero-order valence-corrected chi connectivity index (χ0v) is 13.9. The number of carbonyl (C=O) groups excluding carboxylic acids is 1. The highest BCUT2D eigenvalue weighted by Gasteiger charge is 2.39. The van der Waals surface area contributed by atoms with Crippen LogP contribution in [0.2, 0.25) is 0 Å². The predicted molar refractivity (Wildman–Crippen MR) is 90.2 cm³/mol. The number of carbonyl (C=O) groups is 1. The van der Waals surface area contributed by atoms with Crippen LogP contribution in [0.25, 0.3) is 0 Å². The molecule has 2 atom stereocenters. The third-order valence-electron chi connectivity index (χ3n) is 4.99. The summed E-state index contributed by atoms with van der Waals surface area (Å²) in [6, 6.07) is 6.03. The number of urea groups is 1. The highest BCUT2D eigenvalue weighted by Crippen LogP contribution is 2.37. The van der Waals surface area contributed by atoms with Crippen molar-refractivity contribution >= 4 is 11.7 Å². The van der Waals surface area contributed by atoms with Crippen molar-refractivity contribution in [3.8, 4) is 0 Å². The quantitative estimate of drug-likeness (QED) is 0.780. The molecule has 1 saturated carbocycles. The first kappa shape index (κ1) is 16.8. The number of hydrogen-bond donors (Lipinski definition) is 3. The lowest BCUT2D eigenvalue weighted by Gasteiger charge is -2.30. The third-order valence-corrected chi connectivity index (χ3v) is 4.99. The number of hydrogen-bond acceptors (Lipinski definition) is 2. The van der Waals surface area contributed by atoms with Crippen LogP contribution < -0.4 is 10.6 Å². The zero-order chi connectivity index (χ0) is 16.2. The zero-order valence-electron chi connectivity index (χ0n) is 13.9. The fourth-order valence-electron chi connectivity index (χ4n) is 3.38. The maximum absolute atomic E-state index is 12.4. The lowest BCUT2D eigenvalue weighted by molar-refractivity contribution is 0.122. The van der Waals surface area contributed by atoms with Gasteiger partial charge in [0.05, 0.1) is 6.61 Å². The number of anilines is 1. The molecule has 0 saturated heterocycles. The third kappa shape index (κ3) is 3.43. The summed E-state index contributed by atoms with van der Waals surface area (Å²) in [6.45, 7) is 6.35. The molecule has 3 N–H and O–H groups in total. The highest BCUT2D eigenvalue weighted by atomic mass is 16.3. The van der Waals surface area contributed by atoms with Gasteiger partial charge in [-0.3, -0.25) is 0 Å². The van der Waals surface area contributed by atoms with Crippen molar-refractivity contribution in [3.63, 3.8) is 0 Å². The smallest absolute Gasteiger partial charge is 0.319 e. The number of aliphatic hydroxyl groups is 1. The molecule has 0 aromatic heterocycles. The number of aliphatic hydroxyl groups excluding tert-OH is 1. The molecule has 2 unspecified atom stereocenters. The highest BCUT2D eigenvalue weighted by molar-refractivity contribution is 5.91. The second-order valence-electron chi connectivity index (χ2n) is 6.51. The molecular weight excluding hydrogens is 276 g/mol. The second-order valence-corrected chi connectivity index (χ2v) is 6.51. The van der Waals surface area contributed by atoms with Crippen molar-refractivity contribution < 1.29 is 9.90 Å². The molecule has 2 amide bonds. The van der Waals surface area contributed by atoms with Crippen molar-refractivity contribution in [3.05, 3.63) is 29.3 Å². The summed E-state index contributed by atoms with van der Waals surface area (Å²) in [7, 11) is 0. The predicted octanol–water partition coefficient (Wildman–Crippen LogP) is 3.48. The van der Waals surface area contributed by atoms with E-state index in [1.54, 1.807) is 0 Å². The Kier molecular flexibility index (Phi) is 5.46. The molecule has 0 aliphatic heterocycles. The number of amides is 2. The molecular formula is C18H28N2O2. The minimum Gasteiger partial charge on any atom is -0.396 e. The first-order valence-electron chi connectivity index (χ1n) is 8.33. The Hall–Kier alpha value is -1.55. The SMILES string of the molecule is CCc1cccc(CC)c1NC(=O)NC1CCCC1(C)CO. The molecule has 1 fully saturated rings. The topological polar surface area (TPSA) is 61.4 Å². The average Bonchev–Trinajstić information content (AvgIpc) is 2.89. The van der Waals surface area contributed by atoms with E-state index in [1.165, 1.54) is 0 Å². The summed E-state index contributed by atoms with van der Waals surface area (Å²) < 4.78 is 0. The van der Waals surface area contributed by atoms with Crippen LogP contribution in [0, 0.1) is 5.41 Å². The fourth-order valence-corrected chi connectivity index (χ4v) is 3.38. The van der Waals surface area contributed by atoms with Crippen molar-refractivity contribution in [2.75, 3.05) is 11.9 Å². The standard InChI is InChI=1S/C18H28N2O2/c1-4-13-8-6-9-14(5-2)16(13)20-17(22)19-15-10-7-11-18(15,3)12-21/h6,8-9,15,21H,4-5,7,10-12H2,1-3H3,(H2,19,20,22). The van der Waals surface area contributed by atoms with Gasteiger partial charge in [0, 0.05) is 17.1 Å². The van der Waals surface area contributed by atoms with Crippen molar-refractivity contribution in [2.45, 2.75) is 58.9 Å². The molecule has 1 aliphatic rings. The van der Waals surface area contributed by atoms with Crippen LogP contribution in [0.4, 0.5) is 10.5 Å². The van der Waals surface area contributed by atoms with Crippen LogP contribution in [0.15, 0.2) is 18.2 Å². The van der Waals surface area contributed by atoms with Gasteiger partial charge in [0.2, 0.25) is 0 Å². The molecule has 4 nitrogen and oxygen atoms in total. The van der Waals surface area contributed by atoms with Gasteiger partial charge in [0.25, 0.3) is 0 Å². The van der Waals surface area contributed by atoms with E-state index in [2.05, 4.69) is 36.6 Å². The summed E-state index contributed by atoms with van der Waals surface area (Å²) in [5.41, 5.74) is 3.06. The minimum absolute atomic E-state index is 0.0383. The number of benzene rings is 1. The molecule has 0 heterocycles. The van der Waals surface area contributed by atoms with Crippen LogP contribution in [0.5, 0.6) is 0 Å². The van der Waals surface area contributed by atoms with Crippen LogP contribution in [-0.2, 0) is 12.8 Å². The van der Waals surface area contributed by atoms with E-state index in [4.69, 9.17) is 0 Å². The van der Waals surface area contributed by atoms with Gasteiger partial charge < -0.3 is 15.7 Å². The Labute approximate surface area is 133 Å². The number of para-hydroxylation sites is 1. The Morgan fingerprint density at radius 3 is 2.50 bits per heavy atom. The van der Waals surface area contributed by atoms with Crippen molar-refractivity contribution in [1.82, 2.24) is 5.32 Å². The van der Waals surface area contributed by atoms with Gasteiger partial charge in [0.1, 0.15) is 0 Å². The number of aryl methyl sites for hydroxylation is 2. The molecule has 0 spiro atoms. The van der Waals surface area contributed by atoms with Gasteiger partial charge in [0.15, 0.2) is 0 Å². The maximum Gasteiger partial charge on any atom is 0.319 e. The van der Waals surface area contributed by atoms with E-state index < -0.39 is 0 Å². The van der Waals surface area contributed by atoms with Crippen LogP contribution in [0.3, 0.4) is 0 Å². The molecule has 1 aliphatic carbocycles. The van der Waals surface area contributed by atoms with E-state index >= 15 is 0 Å². The first-order chi connectivity index (χ1) is 10.5. The number of rotatable bonds is 5. The van der Waals surface area contributed by atoms with Gasteiger partial charge in [-0.1, -0.05) is 45.4 Å². The van der Waals surface area contributed by atoms with E-state index in [1.807, 2.05) is 13.0 Å². The van der Waals surface area contributed by atoms with E-state index in [-0.39, 0.29) is 24.1 Å². The molecule has 1 aromatic carbocycles. The molecule has 0 bridgehead atoms. The lowest BCUT2D eigenvalue weighted by atomic mass is 9.86. The Morgan fingerprint density at radius 1 is 1.32 bits per heavy atom. The Balaban J connectivity index is 2.10. The molecule has 4 heteroatoms. The summed E-state index contributed by atoms with van der Waals surface area (Å²) >= 11 is 0. The summed E-state index contributed by atoms with van der Waals surface area (Å²) in [5, 5.41) is 15.7. The Morgan fingerprint density at radius 2 is 1.95 bits per heavy atom. The maximum atomic E-state index is 12.4. The minimum atomic E-state index is -0.199. The van der Waals surface area contributed by atoms with Crippen molar-refractivity contribution in [2.24, 2.45) is 5.41 Å². The number of nitrogens with one attached hydrogen (secondary N) is 2. The molecule has 122 valence electrons. The molecule has 22 heavy (non-hydrogen) atoms. The first-order valence-corrected chi connectivity index (χ1v) is 8.33. The largest absolute Gasteiger partial charge is 0.396 e. The van der Waals surface area contributed by atoms with Crippen molar-refractivity contribution in [1.29, 1.82) is 0 Å². The summed E-state index contributed by atoms with van der Waals surface area (Å²) in [5.74, 6) is 0. The lowest BCUT2D eigenvalue weighted by Crippen LogP contribution is -2.46. The molecule has 2 rings (SSSR count). The monoisotopic (exact) mass is 304 g/mol. The van der Waals surface area contributed by atoms with E-state index in [9.17, 15) is 9.90 Å².